The van der Waals surface area contributed by atoms with Crippen molar-refractivity contribution >= 4 is 11.8 Å². The summed E-state index contributed by atoms with van der Waals surface area (Å²) in [6.07, 6.45) is -2.54. The lowest BCUT2D eigenvalue weighted by Gasteiger charge is -2.14. The molecule has 1 saturated carbocycles. The van der Waals surface area contributed by atoms with Gasteiger partial charge in [-0.3, -0.25) is 9.59 Å². The van der Waals surface area contributed by atoms with Crippen molar-refractivity contribution in [2.45, 2.75) is 25.1 Å². The van der Waals surface area contributed by atoms with E-state index in [1.165, 1.54) is 12.1 Å². The number of nitrogens with two attached hydrogens (primary N) is 1. The van der Waals surface area contributed by atoms with E-state index < -0.39 is 35.7 Å². The van der Waals surface area contributed by atoms with Crippen molar-refractivity contribution in [3.63, 3.8) is 0 Å². The number of carbonyl (C=O) groups excluding carboxylic acids is 2. The Balaban J connectivity index is 1.86. The van der Waals surface area contributed by atoms with E-state index in [9.17, 15) is 22.8 Å². The van der Waals surface area contributed by atoms with Crippen molar-refractivity contribution in [3.05, 3.63) is 35.4 Å². The first-order valence-electron chi connectivity index (χ1n) is 7.25. The molecule has 1 fully saturated rings. The first-order chi connectivity index (χ1) is 10.8. The van der Waals surface area contributed by atoms with Gasteiger partial charge in [0.2, 0.25) is 5.91 Å². The average Bonchev–Trinajstić information content (AvgIpc) is 3.34. The van der Waals surface area contributed by atoms with Crippen molar-refractivity contribution in [1.29, 1.82) is 0 Å². The normalized spacial score (nSPS) is 15.8. The van der Waals surface area contributed by atoms with Crippen molar-refractivity contribution in [3.8, 4) is 0 Å². The fraction of sp³-hybridized carbons (Fsp3) is 0.467. The van der Waals surface area contributed by atoms with Gasteiger partial charge in [-0.1, -0.05) is 12.1 Å². The second-order valence-electron chi connectivity index (χ2n) is 5.53. The minimum absolute atomic E-state index is 0.124. The van der Waals surface area contributed by atoms with Gasteiger partial charge >= 0.3 is 6.18 Å². The summed E-state index contributed by atoms with van der Waals surface area (Å²) in [4.78, 5) is 23.5. The third-order valence-corrected chi connectivity index (χ3v) is 3.65. The van der Waals surface area contributed by atoms with Crippen LogP contribution in [0.4, 0.5) is 13.2 Å². The average molecular weight is 329 g/mol. The Kier molecular flexibility index (Phi) is 5.25. The molecule has 2 amide bonds. The Morgan fingerprint density at radius 3 is 2.48 bits per heavy atom. The standard InChI is InChI=1S/C15H18F3N3O2/c16-15(17,18)11-4-2-1-3-10(11)14(23)21-8-13(22)20-7-12(19)9-5-6-9/h1-4,9,12H,5-8,19H2,(H,20,22)(H,21,23). The molecule has 0 aromatic heterocycles. The maximum atomic E-state index is 12.8. The summed E-state index contributed by atoms with van der Waals surface area (Å²) in [5, 5.41) is 4.74. The van der Waals surface area contributed by atoms with Crippen LogP contribution in [-0.4, -0.2) is 30.9 Å². The van der Waals surface area contributed by atoms with E-state index in [4.69, 9.17) is 5.73 Å². The zero-order valence-electron chi connectivity index (χ0n) is 12.3. The second-order valence-corrected chi connectivity index (χ2v) is 5.53. The summed E-state index contributed by atoms with van der Waals surface area (Å²) >= 11 is 0. The number of benzene rings is 1. The molecule has 0 heterocycles. The highest BCUT2D eigenvalue weighted by Crippen LogP contribution is 2.32. The minimum Gasteiger partial charge on any atom is -0.353 e. The molecule has 0 radical (unpaired) electrons. The number of alkyl halides is 3. The highest BCUT2D eigenvalue weighted by atomic mass is 19.4. The zero-order chi connectivity index (χ0) is 17.0. The zero-order valence-corrected chi connectivity index (χ0v) is 12.3. The van der Waals surface area contributed by atoms with Crippen LogP contribution < -0.4 is 16.4 Å². The van der Waals surface area contributed by atoms with E-state index in [1.54, 1.807) is 0 Å². The molecular formula is C15H18F3N3O2. The lowest BCUT2D eigenvalue weighted by atomic mass is 10.1. The Morgan fingerprint density at radius 1 is 1.22 bits per heavy atom. The lowest BCUT2D eigenvalue weighted by Crippen LogP contribution is -2.43. The maximum absolute atomic E-state index is 12.8. The molecule has 1 aromatic rings. The Bertz CT molecular complexity index is 586. The smallest absolute Gasteiger partial charge is 0.353 e. The SMILES string of the molecule is NC(CNC(=O)CNC(=O)c1ccccc1C(F)(F)F)C1CC1. The molecule has 0 aliphatic heterocycles. The predicted molar refractivity (Wildman–Crippen MR) is 77.5 cm³/mol. The molecule has 0 bridgehead atoms. The molecule has 126 valence electrons. The van der Waals surface area contributed by atoms with Crippen molar-refractivity contribution < 1.29 is 22.8 Å². The van der Waals surface area contributed by atoms with Gasteiger partial charge in [0.1, 0.15) is 0 Å². The largest absolute Gasteiger partial charge is 0.417 e. The van der Waals surface area contributed by atoms with Gasteiger partial charge < -0.3 is 16.4 Å². The molecule has 2 rings (SSSR count). The van der Waals surface area contributed by atoms with Gasteiger partial charge in [0.25, 0.3) is 5.91 Å². The fourth-order valence-corrected chi connectivity index (χ4v) is 2.17. The van der Waals surface area contributed by atoms with E-state index in [1.807, 2.05) is 0 Å². The van der Waals surface area contributed by atoms with E-state index in [2.05, 4.69) is 10.6 Å². The molecule has 8 heteroatoms. The first-order valence-corrected chi connectivity index (χ1v) is 7.25. The third kappa shape index (κ3) is 4.95. The monoisotopic (exact) mass is 329 g/mol. The van der Waals surface area contributed by atoms with Gasteiger partial charge in [-0.05, 0) is 30.9 Å². The highest BCUT2D eigenvalue weighted by molar-refractivity contribution is 5.97. The van der Waals surface area contributed by atoms with E-state index in [-0.39, 0.29) is 6.04 Å². The van der Waals surface area contributed by atoms with Crippen LogP contribution in [0.15, 0.2) is 24.3 Å². The van der Waals surface area contributed by atoms with Crippen LogP contribution in [0, 0.1) is 5.92 Å². The van der Waals surface area contributed by atoms with E-state index >= 15 is 0 Å². The molecule has 1 aliphatic carbocycles. The van der Waals surface area contributed by atoms with Crippen LogP contribution in [0.25, 0.3) is 0 Å². The summed E-state index contributed by atoms with van der Waals surface area (Å²) in [5.41, 5.74) is 4.27. The topological polar surface area (TPSA) is 84.2 Å². The molecule has 5 nitrogen and oxygen atoms in total. The number of hydrogen-bond donors (Lipinski definition) is 3. The Hall–Kier alpha value is -2.09. The molecule has 0 saturated heterocycles. The van der Waals surface area contributed by atoms with E-state index in [0.29, 0.717) is 12.5 Å². The summed E-state index contributed by atoms with van der Waals surface area (Å²) in [6.45, 7) is -0.110. The number of rotatable bonds is 6. The maximum Gasteiger partial charge on any atom is 0.417 e. The summed E-state index contributed by atoms with van der Waals surface area (Å²) in [5.74, 6) is -1.01. The Morgan fingerprint density at radius 2 is 1.87 bits per heavy atom. The summed E-state index contributed by atoms with van der Waals surface area (Å²) in [7, 11) is 0. The van der Waals surface area contributed by atoms with Crippen LogP contribution in [0.1, 0.15) is 28.8 Å². The Labute approximate surface area is 131 Å². The summed E-state index contributed by atoms with van der Waals surface area (Å²) in [6, 6.07) is 4.30. The number of halogens is 3. The van der Waals surface area contributed by atoms with Gasteiger partial charge in [0, 0.05) is 12.6 Å². The molecule has 1 aromatic carbocycles. The number of amides is 2. The van der Waals surface area contributed by atoms with Crippen LogP contribution >= 0.6 is 0 Å². The lowest BCUT2D eigenvalue weighted by molar-refractivity contribution is -0.137. The van der Waals surface area contributed by atoms with Crippen molar-refractivity contribution in [1.82, 2.24) is 10.6 Å². The van der Waals surface area contributed by atoms with Crippen LogP contribution in [0.5, 0.6) is 0 Å². The quantitative estimate of drug-likeness (QED) is 0.735. The van der Waals surface area contributed by atoms with Crippen molar-refractivity contribution in [2.75, 3.05) is 13.1 Å². The van der Waals surface area contributed by atoms with E-state index in [0.717, 1.165) is 25.0 Å². The van der Waals surface area contributed by atoms with Gasteiger partial charge in [-0.25, -0.2) is 0 Å². The molecule has 23 heavy (non-hydrogen) atoms. The highest BCUT2D eigenvalue weighted by Gasteiger charge is 2.34. The van der Waals surface area contributed by atoms with Crippen LogP contribution in [-0.2, 0) is 11.0 Å². The molecule has 4 N–H and O–H groups in total. The molecule has 1 aliphatic rings. The molecule has 0 spiro atoms. The third-order valence-electron chi connectivity index (χ3n) is 3.65. The summed E-state index contributed by atoms with van der Waals surface area (Å²) < 4.78 is 38.5. The van der Waals surface area contributed by atoms with Gasteiger partial charge in [0.15, 0.2) is 0 Å². The van der Waals surface area contributed by atoms with Gasteiger partial charge in [0.05, 0.1) is 17.7 Å². The molecule has 1 atom stereocenters. The number of carbonyl (C=O) groups is 2. The van der Waals surface area contributed by atoms with Gasteiger partial charge in [-0.2, -0.15) is 13.2 Å². The fourth-order valence-electron chi connectivity index (χ4n) is 2.17. The molecular weight excluding hydrogens is 311 g/mol. The molecule has 1 unspecified atom stereocenters. The van der Waals surface area contributed by atoms with Crippen molar-refractivity contribution in [2.24, 2.45) is 11.7 Å². The number of nitrogens with one attached hydrogen (secondary N) is 2. The minimum atomic E-state index is -4.63. The van der Waals surface area contributed by atoms with Gasteiger partial charge in [-0.15, -0.1) is 0 Å². The first kappa shape index (κ1) is 17.3. The van der Waals surface area contributed by atoms with Crippen LogP contribution in [0.2, 0.25) is 0 Å². The number of hydrogen-bond acceptors (Lipinski definition) is 3. The van der Waals surface area contributed by atoms with Crippen LogP contribution in [0.3, 0.4) is 0 Å². The second kappa shape index (κ2) is 6.99. The predicted octanol–water partition coefficient (Wildman–Crippen LogP) is 1.29.